The molecule has 1 N–H and O–H groups in total. The smallest absolute Gasteiger partial charge is 0.248 e. The van der Waals surface area contributed by atoms with Gasteiger partial charge in [-0.3, -0.25) is 9.59 Å². The summed E-state index contributed by atoms with van der Waals surface area (Å²) in [4.78, 5) is 25.9. The molecule has 3 unspecified atom stereocenters. The molecule has 1 heterocycles. The second kappa shape index (κ2) is 4.31. The predicted octanol–water partition coefficient (Wildman–Crippen LogP) is 1.16. The minimum atomic E-state index is -0.703. The van der Waals surface area contributed by atoms with Crippen molar-refractivity contribution in [2.45, 2.75) is 45.6 Å². The van der Waals surface area contributed by atoms with E-state index in [1.165, 1.54) is 6.42 Å². The highest BCUT2D eigenvalue weighted by Crippen LogP contribution is 2.38. The normalized spacial score (nSPS) is 37.7. The quantitative estimate of drug-likeness (QED) is 0.802. The van der Waals surface area contributed by atoms with Gasteiger partial charge in [-0.2, -0.15) is 0 Å². The van der Waals surface area contributed by atoms with Crippen LogP contribution in [-0.4, -0.2) is 35.3 Å². The summed E-state index contributed by atoms with van der Waals surface area (Å²) in [6, 6.07) is 0. The van der Waals surface area contributed by atoms with Crippen LogP contribution in [0.4, 0.5) is 0 Å². The Balaban J connectivity index is 2.09. The van der Waals surface area contributed by atoms with Gasteiger partial charge in [0, 0.05) is 19.5 Å². The van der Waals surface area contributed by atoms with Gasteiger partial charge in [0.15, 0.2) is 0 Å². The van der Waals surface area contributed by atoms with Gasteiger partial charge in [0.05, 0.1) is 0 Å². The number of amides is 2. The van der Waals surface area contributed by atoms with Crippen molar-refractivity contribution in [3.05, 3.63) is 0 Å². The van der Waals surface area contributed by atoms with E-state index < -0.39 is 5.54 Å². The molecule has 1 saturated carbocycles. The van der Waals surface area contributed by atoms with E-state index in [1.54, 1.807) is 0 Å². The van der Waals surface area contributed by atoms with Crippen LogP contribution in [0.1, 0.15) is 40.0 Å². The van der Waals surface area contributed by atoms with E-state index in [4.69, 9.17) is 0 Å². The first-order valence-corrected chi connectivity index (χ1v) is 6.56. The third-order valence-corrected chi connectivity index (χ3v) is 4.22. The Hall–Kier alpha value is -1.06. The molecule has 2 rings (SSSR count). The summed E-state index contributed by atoms with van der Waals surface area (Å²) in [5.41, 5.74) is -0.703. The van der Waals surface area contributed by atoms with E-state index >= 15 is 0 Å². The largest absolute Gasteiger partial charge is 0.342 e. The summed E-state index contributed by atoms with van der Waals surface area (Å²) in [6.07, 6.45) is 2.30. The average molecular weight is 238 g/mol. The first kappa shape index (κ1) is 12.4. The van der Waals surface area contributed by atoms with Crippen molar-refractivity contribution in [2.24, 2.45) is 11.8 Å². The van der Waals surface area contributed by atoms with Crippen LogP contribution in [0.25, 0.3) is 0 Å². The molecule has 96 valence electrons. The fourth-order valence-corrected chi connectivity index (χ4v) is 2.46. The average Bonchev–Trinajstić information content (AvgIpc) is 2.99. The van der Waals surface area contributed by atoms with Crippen molar-refractivity contribution >= 4 is 11.8 Å². The number of hydrogen-bond donors (Lipinski definition) is 1. The number of nitrogens with one attached hydrogen (secondary N) is 1. The fraction of sp³-hybridized carbons (Fsp3) is 0.846. The van der Waals surface area contributed by atoms with Gasteiger partial charge in [0.1, 0.15) is 5.54 Å². The zero-order chi connectivity index (χ0) is 12.6. The molecule has 4 heteroatoms. The van der Waals surface area contributed by atoms with Gasteiger partial charge in [0.25, 0.3) is 0 Å². The van der Waals surface area contributed by atoms with E-state index in [0.29, 0.717) is 25.3 Å². The Morgan fingerprint density at radius 3 is 2.65 bits per heavy atom. The molecule has 0 spiro atoms. The lowest BCUT2D eigenvalue weighted by Gasteiger charge is -2.31. The van der Waals surface area contributed by atoms with Crippen molar-refractivity contribution in [3.8, 4) is 0 Å². The van der Waals surface area contributed by atoms with Gasteiger partial charge in [0.2, 0.25) is 11.8 Å². The molecule has 4 nitrogen and oxygen atoms in total. The second-order valence-electron chi connectivity index (χ2n) is 5.71. The van der Waals surface area contributed by atoms with E-state index in [-0.39, 0.29) is 11.8 Å². The summed E-state index contributed by atoms with van der Waals surface area (Å²) in [6.45, 7) is 7.40. The zero-order valence-electron chi connectivity index (χ0n) is 11.0. The number of carbonyl (C=O) groups is 2. The van der Waals surface area contributed by atoms with Crippen molar-refractivity contribution < 1.29 is 9.59 Å². The summed E-state index contributed by atoms with van der Waals surface area (Å²) in [5, 5.41) is 2.86. The lowest BCUT2D eigenvalue weighted by Crippen LogP contribution is -2.54. The number of nitrogens with zero attached hydrogens (tertiary/aromatic N) is 1. The SMILES string of the molecule is CCC1(C)NC(=O)CCN(CC2CC2C)C1=O. The lowest BCUT2D eigenvalue weighted by molar-refractivity contribution is -0.138. The molecule has 2 aliphatic rings. The molecule has 1 aliphatic carbocycles. The lowest BCUT2D eigenvalue weighted by atomic mass is 9.97. The van der Waals surface area contributed by atoms with Crippen molar-refractivity contribution in [1.82, 2.24) is 10.2 Å². The maximum absolute atomic E-state index is 12.4. The van der Waals surface area contributed by atoms with Crippen molar-refractivity contribution in [3.63, 3.8) is 0 Å². The van der Waals surface area contributed by atoms with Gasteiger partial charge in [-0.25, -0.2) is 0 Å². The summed E-state index contributed by atoms with van der Waals surface area (Å²) in [5.74, 6) is 1.47. The summed E-state index contributed by atoms with van der Waals surface area (Å²) >= 11 is 0. The van der Waals surface area contributed by atoms with Crippen molar-refractivity contribution in [1.29, 1.82) is 0 Å². The minimum absolute atomic E-state index is 0.00551. The maximum atomic E-state index is 12.4. The number of carbonyl (C=O) groups excluding carboxylic acids is 2. The monoisotopic (exact) mass is 238 g/mol. The molecule has 1 aliphatic heterocycles. The Morgan fingerprint density at radius 2 is 2.12 bits per heavy atom. The summed E-state index contributed by atoms with van der Waals surface area (Å²) < 4.78 is 0. The van der Waals surface area contributed by atoms with E-state index in [1.807, 2.05) is 18.7 Å². The van der Waals surface area contributed by atoms with E-state index in [2.05, 4.69) is 12.2 Å². The first-order chi connectivity index (χ1) is 7.96. The zero-order valence-corrected chi connectivity index (χ0v) is 11.0. The number of hydrogen-bond acceptors (Lipinski definition) is 2. The molecule has 0 aromatic carbocycles. The van der Waals surface area contributed by atoms with E-state index in [9.17, 15) is 9.59 Å². The van der Waals surface area contributed by atoms with Crippen LogP contribution >= 0.6 is 0 Å². The second-order valence-corrected chi connectivity index (χ2v) is 5.71. The molecule has 1 saturated heterocycles. The standard InChI is InChI=1S/C13H22N2O2/c1-4-13(3)12(17)15(6-5-11(16)14-13)8-10-7-9(10)2/h9-10H,4-8H2,1-3H3,(H,14,16). The molecule has 0 aromatic heterocycles. The van der Waals surface area contributed by atoms with Gasteiger partial charge in [-0.15, -0.1) is 0 Å². The maximum Gasteiger partial charge on any atom is 0.248 e. The molecule has 0 aromatic rings. The Morgan fingerprint density at radius 1 is 1.47 bits per heavy atom. The van der Waals surface area contributed by atoms with Crippen LogP contribution in [0.2, 0.25) is 0 Å². The number of rotatable bonds is 3. The van der Waals surface area contributed by atoms with Gasteiger partial charge < -0.3 is 10.2 Å². The fourth-order valence-electron chi connectivity index (χ4n) is 2.46. The molecule has 2 fully saturated rings. The third-order valence-electron chi connectivity index (χ3n) is 4.22. The van der Waals surface area contributed by atoms with Crippen LogP contribution < -0.4 is 5.32 Å². The van der Waals surface area contributed by atoms with Gasteiger partial charge >= 0.3 is 0 Å². The van der Waals surface area contributed by atoms with Crippen LogP contribution in [0.3, 0.4) is 0 Å². The topological polar surface area (TPSA) is 49.4 Å². The first-order valence-electron chi connectivity index (χ1n) is 6.56. The van der Waals surface area contributed by atoms with Crippen LogP contribution in [0.15, 0.2) is 0 Å². The Bertz CT molecular complexity index is 342. The Labute approximate surface area is 103 Å². The molecule has 0 bridgehead atoms. The van der Waals surface area contributed by atoms with Crippen molar-refractivity contribution in [2.75, 3.05) is 13.1 Å². The molecular formula is C13H22N2O2. The third kappa shape index (κ3) is 2.45. The Kier molecular flexibility index (Phi) is 3.15. The molecular weight excluding hydrogens is 216 g/mol. The minimum Gasteiger partial charge on any atom is -0.342 e. The molecule has 3 atom stereocenters. The molecule has 2 amide bonds. The van der Waals surface area contributed by atoms with E-state index in [0.717, 1.165) is 12.5 Å². The predicted molar refractivity (Wildman–Crippen MR) is 65.3 cm³/mol. The molecule has 0 radical (unpaired) electrons. The highest BCUT2D eigenvalue weighted by molar-refractivity contribution is 5.93. The highest BCUT2D eigenvalue weighted by Gasteiger charge is 2.42. The highest BCUT2D eigenvalue weighted by atomic mass is 16.2. The van der Waals surface area contributed by atoms with Gasteiger partial charge in [-0.1, -0.05) is 13.8 Å². The molecule has 17 heavy (non-hydrogen) atoms. The van der Waals surface area contributed by atoms with Crippen LogP contribution in [-0.2, 0) is 9.59 Å². The van der Waals surface area contributed by atoms with Crippen LogP contribution in [0, 0.1) is 11.8 Å². The van der Waals surface area contributed by atoms with Crippen LogP contribution in [0.5, 0.6) is 0 Å². The summed E-state index contributed by atoms with van der Waals surface area (Å²) in [7, 11) is 0. The van der Waals surface area contributed by atoms with Gasteiger partial charge in [-0.05, 0) is 31.6 Å².